The second-order valence-corrected chi connectivity index (χ2v) is 6.89. The Morgan fingerprint density at radius 2 is 1.76 bits per heavy atom. The first-order valence-electron chi connectivity index (χ1n) is 8.22. The van der Waals surface area contributed by atoms with Crippen LogP contribution in [-0.4, -0.2) is 9.85 Å². The van der Waals surface area contributed by atoms with Crippen molar-refractivity contribution in [2.24, 2.45) is 0 Å². The van der Waals surface area contributed by atoms with Crippen molar-refractivity contribution in [3.63, 3.8) is 0 Å². The molecule has 3 N–H and O–H groups in total. The maximum Gasteiger partial charge on any atom is 0.129 e. The van der Waals surface area contributed by atoms with Crippen LogP contribution in [0.4, 0.5) is 10.1 Å². The fourth-order valence-electron chi connectivity index (χ4n) is 2.96. The monoisotopic (exact) mass is 352 g/mol. The number of benzene rings is 2. The quantitative estimate of drug-likeness (QED) is 0.381. The fourth-order valence-corrected chi connectivity index (χ4v) is 3.31. The van der Waals surface area contributed by atoms with Crippen molar-refractivity contribution < 1.29 is 4.39 Å². The average Bonchev–Trinajstić information content (AvgIpc) is 2.96. The number of nitrogens with two attached hydrogens (primary N) is 1. The number of anilines is 1. The number of nitrogen functional groups attached to an aromatic ring is 1. The number of thiocarbonyl (C=S) groups is 1. The highest BCUT2D eigenvalue weighted by Gasteiger charge is 2.18. The summed E-state index contributed by atoms with van der Waals surface area (Å²) in [4.78, 5) is 4.17. The summed E-state index contributed by atoms with van der Waals surface area (Å²) in [5, 5.41) is 0. The lowest BCUT2D eigenvalue weighted by Gasteiger charge is -2.12. The van der Waals surface area contributed by atoms with Gasteiger partial charge in [0.05, 0.1) is 10.6 Å². The van der Waals surface area contributed by atoms with Crippen LogP contribution in [0.2, 0.25) is 0 Å². The molecular weight excluding hydrogens is 331 g/mol. The number of rotatable bonds is 4. The number of aromatic amines is 1. The topological polar surface area (TPSA) is 41.8 Å². The van der Waals surface area contributed by atoms with Crippen LogP contribution in [0.3, 0.4) is 0 Å². The minimum Gasteiger partial charge on any atom is -0.399 e. The van der Waals surface area contributed by atoms with Gasteiger partial charge in [0.2, 0.25) is 0 Å². The molecule has 25 heavy (non-hydrogen) atoms. The second-order valence-electron chi connectivity index (χ2n) is 6.48. The predicted octanol–water partition coefficient (Wildman–Crippen LogP) is 5.27. The van der Waals surface area contributed by atoms with Gasteiger partial charge in [0.1, 0.15) is 5.82 Å². The van der Waals surface area contributed by atoms with Gasteiger partial charge in [-0.15, -0.1) is 0 Å². The number of aryl methyl sites for hydroxylation is 2. The molecule has 4 heteroatoms. The number of nitrogens with one attached hydrogen (secondary N) is 1. The van der Waals surface area contributed by atoms with Crippen LogP contribution in [0, 0.1) is 19.7 Å². The van der Waals surface area contributed by atoms with Gasteiger partial charge >= 0.3 is 0 Å². The first kappa shape index (κ1) is 17.4. The summed E-state index contributed by atoms with van der Waals surface area (Å²) in [7, 11) is 0. The van der Waals surface area contributed by atoms with Crippen molar-refractivity contribution in [2.75, 3.05) is 5.73 Å². The van der Waals surface area contributed by atoms with Gasteiger partial charge in [0, 0.05) is 17.3 Å². The Bertz CT molecular complexity index is 926. The Kier molecular flexibility index (Phi) is 4.73. The Morgan fingerprint density at radius 1 is 1.08 bits per heavy atom. The summed E-state index contributed by atoms with van der Waals surface area (Å²) >= 11 is 5.66. The third-order valence-electron chi connectivity index (χ3n) is 4.53. The molecular formula is C21H21FN2S. The molecule has 0 aliphatic heterocycles. The van der Waals surface area contributed by atoms with Crippen molar-refractivity contribution in [1.82, 2.24) is 4.98 Å². The van der Waals surface area contributed by atoms with Gasteiger partial charge in [0.15, 0.2) is 0 Å². The number of hydrogen-bond acceptors (Lipinski definition) is 2. The number of hydrogen-bond donors (Lipinski definition) is 2. The Hall–Kier alpha value is -2.46. The molecule has 0 aliphatic rings. The summed E-state index contributed by atoms with van der Waals surface area (Å²) in [5.74, 6) is -0.406. The van der Waals surface area contributed by atoms with Crippen molar-refractivity contribution >= 4 is 22.8 Å². The van der Waals surface area contributed by atoms with E-state index < -0.39 is 0 Å². The average molecular weight is 352 g/mol. The van der Waals surface area contributed by atoms with Crippen LogP contribution in [0.25, 0.3) is 0 Å². The smallest absolute Gasteiger partial charge is 0.129 e. The summed E-state index contributed by atoms with van der Waals surface area (Å²) < 4.78 is 14.2. The summed E-state index contributed by atoms with van der Waals surface area (Å²) in [6.45, 7) is 6.04. The Morgan fingerprint density at radius 3 is 2.40 bits per heavy atom. The molecule has 0 saturated carbocycles. The molecule has 1 atom stereocenters. The maximum atomic E-state index is 14.2. The lowest BCUT2D eigenvalue weighted by molar-refractivity contribution is 0.602. The molecule has 2 aromatic carbocycles. The minimum atomic E-state index is -0.289. The standard InChI is InChI=1S/C21H21FN2S/c1-12-4-6-15(7-5-12)21(25)20-13(2)10-19(24-20)14(3)17-9-8-16(23)11-18(17)22/h4-11,14,24H,23H2,1-3H3. The zero-order valence-electron chi connectivity index (χ0n) is 14.6. The van der Waals surface area contributed by atoms with E-state index in [4.69, 9.17) is 18.0 Å². The summed E-state index contributed by atoms with van der Waals surface area (Å²) in [6.07, 6.45) is 0. The van der Waals surface area contributed by atoms with Crippen LogP contribution in [0.5, 0.6) is 0 Å². The first-order chi connectivity index (χ1) is 11.9. The highest BCUT2D eigenvalue weighted by atomic mass is 32.1. The normalized spacial score (nSPS) is 12.2. The van der Waals surface area contributed by atoms with Gasteiger partial charge < -0.3 is 10.7 Å². The molecule has 0 aliphatic carbocycles. The molecule has 2 nitrogen and oxygen atoms in total. The first-order valence-corrected chi connectivity index (χ1v) is 8.63. The summed E-state index contributed by atoms with van der Waals surface area (Å²) in [6, 6.07) is 15.0. The Labute approximate surface area is 152 Å². The van der Waals surface area contributed by atoms with E-state index in [1.54, 1.807) is 12.1 Å². The highest BCUT2D eigenvalue weighted by molar-refractivity contribution is 7.81. The van der Waals surface area contributed by atoms with E-state index in [0.717, 1.165) is 27.4 Å². The van der Waals surface area contributed by atoms with E-state index in [1.165, 1.54) is 11.6 Å². The largest absolute Gasteiger partial charge is 0.399 e. The molecule has 1 aromatic heterocycles. The van der Waals surface area contributed by atoms with E-state index >= 15 is 0 Å². The molecule has 3 aromatic rings. The third kappa shape index (κ3) is 3.49. The predicted molar refractivity (Wildman–Crippen MR) is 106 cm³/mol. The molecule has 0 fully saturated rings. The Balaban J connectivity index is 1.94. The second kappa shape index (κ2) is 6.81. The molecule has 0 amide bonds. The fraction of sp³-hybridized carbons (Fsp3) is 0.190. The summed E-state index contributed by atoms with van der Waals surface area (Å²) in [5.41, 5.74) is 11.8. The highest BCUT2D eigenvalue weighted by Crippen LogP contribution is 2.29. The van der Waals surface area contributed by atoms with Gasteiger partial charge in [-0.2, -0.15) is 0 Å². The van der Waals surface area contributed by atoms with Crippen molar-refractivity contribution in [2.45, 2.75) is 26.7 Å². The zero-order valence-corrected chi connectivity index (χ0v) is 15.4. The molecule has 0 spiro atoms. The van der Waals surface area contributed by atoms with Gasteiger partial charge in [-0.25, -0.2) is 4.39 Å². The van der Waals surface area contributed by atoms with Crippen molar-refractivity contribution in [3.05, 3.63) is 88.0 Å². The number of halogens is 1. The van der Waals surface area contributed by atoms with Gasteiger partial charge in [-0.3, -0.25) is 0 Å². The molecule has 0 saturated heterocycles. The lowest BCUT2D eigenvalue weighted by Crippen LogP contribution is -2.04. The maximum absolute atomic E-state index is 14.2. The minimum absolute atomic E-state index is 0.117. The van der Waals surface area contributed by atoms with E-state index in [-0.39, 0.29) is 11.7 Å². The van der Waals surface area contributed by atoms with Crippen molar-refractivity contribution in [3.8, 4) is 0 Å². The van der Waals surface area contributed by atoms with Crippen molar-refractivity contribution in [1.29, 1.82) is 0 Å². The van der Waals surface area contributed by atoms with E-state index in [0.29, 0.717) is 11.3 Å². The molecule has 1 heterocycles. The number of aromatic nitrogens is 1. The van der Waals surface area contributed by atoms with E-state index in [9.17, 15) is 4.39 Å². The van der Waals surface area contributed by atoms with Crippen LogP contribution < -0.4 is 5.73 Å². The van der Waals surface area contributed by atoms with Gasteiger partial charge in [-0.1, -0.05) is 55.0 Å². The SMILES string of the molecule is Cc1ccc(C(=S)c2[nH]c(C(C)c3ccc(N)cc3F)cc2C)cc1. The molecule has 1 unspecified atom stereocenters. The van der Waals surface area contributed by atoms with Crippen LogP contribution in [0.15, 0.2) is 48.5 Å². The van der Waals surface area contributed by atoms with Gasteiger partial charge in [0.25, 0.3) is 0 Å². The van der Waals surface area contributed by atoms with Gasteiger partial charge in [-0.05, 0) is 48.7 Å². The molecule has 0 radical (unpaired) electrons. The zero-order chi connectivity index (χ0) is 18.1. The van der Waals surface area contributed by atoms with E-state index in [2.05, 4.69) is 4.98 Å². The molecule has 0 bridgehead atoms. The van der Waals surface area contributed by atoms with Crippen LogP contribution in [-0.2, 0) is 0 Å². The molecule has 3 rings (SSSR count). The third-order valence-corrected chi connectivity index (χ3v) is 4.97. The lowest BCUT2D eigenvalue weighted by atomic mass is 9.97. The number of H-pyrrole nitrogens is 1. The molecule has 128 valence electrons. The van der Waals surface area contributed by atoms with Crippen LogP contribution >= 0.6 is 12.2 Å². The van der Waals surface area contributed by atoms with Crippen LogP contribution in [0.1, 0.15) is 46.5 Å². The van der Waals surface area contributed by atoms with E-state index in [1.807, 2.05) is 51.1 Å².